The number of aromatic nitrogens is 3. The fraction of sp³-hybridized carbons (Fsp3) is 0.256. The summed E-state index contributed by atoms with van der Waals surface area (Å²) in [6.45, 7) is 4.89. The average Bonchev–Trinajstić information content (AvgIpc) is 3.10. The second-order valence-corrected chi connectivity index (χ2v) is 14.1. The maximum Gasteiger partial charge on any atom is 0.164 e. The number of benzene rings is 5. The van der Waals surface area contributed by atoms with E-state index in [1.807, 2.05) is 36.4 Å². The molecular formula is C43H38N4. The number of nitrogens with zero attached hydrogens (tertiary/aromatic N) is 4. The molecule has 0 aliphatic heterocycles. The summed E-state index contributed by atoms with van der Waals surface area (Å²) in [7, 11) is 0. The number of nitriles is 1. The van der Waals surface area contributed by atoms with E-state index < -0.39 is 0 Å². The summed E-state index contributed by atoms with van der Waals surface area (Å²) in [6, 6.07) is 42.1. The number of hydrogen-bond donors (Lipinski definition) is 0. The topological polar surface area (TPSA) is 62.5 Å². The fourth-order valence-electron chi connectivity index (χ4n) is 8.77. The van der Waals surface area contributed by atoms with Crippen molar-refractivity contribution in [2.45, 2.75) is 51.4 Å². The molecule has 2 fully saturated rings. The van der Waals surface area contributed by atoms with Crippen LogP contribution in [0.1, 0.15) is 57.1 Å². The van der Waals surface area contributed by atoms with Gasteiger partial charge in [-0.25, -0.2) is 15.0 Å². The Bertz CT molecular complexity index is 2100. The van der Waals surface area contributed by atoms with E-state index in [2.05, 4.69) is 98.8 Å². The largest absolute Gasteiger partial charge is 0.208 e. The highest BCUT2D eigenvalue weighted by atomic mass is 15.0. The molecule has 2 unspecified atom stereocenters. The maximum absolute atomic E-state index is 9.36. The van der Waals surface area contributed by atoms with Gasteiger partial charge in [-0.2, -0.15) is 5.26 Å². The van der Waals surface area contributed by atoms with Crippen LogP contribution in [0.5, 0.6) is 0 Å². The third-order valence-corrected chi connectivity index (χ3v) is 10.5. The van der Waals surface area contributed by atoms with Crippen LogP contribution in [0, 0.1) is 29.1 Å². The molecule has 0 amide bonds. The Morgan fingerprint density at radius 1 is 0.574 bits per heavy atom. The van der Waals surface area contributed by atoms with E-state index in [-0.39, 0.29) is 5.41 Å². The quantitative estimate of drug-likeness (QED) is 0.195. The van der Waals surface area contributed by atoms with E-state index in [0.717, 1.165) is 51.0 Å². The van der Waals surface area contributed by atoms with Gasteiger partial charge in [0, 0.05) is 16.7 Å². The first-order valence-electron chi connectivity index (χ1n) is 16.9. The van der Waals surface area contributed by atoms with Crippen molar-refractivity contribution in [1.29, 1.82) is 5.26 Å². The van der Waals surface area contributed by atoms with Crippen molar-refractivity contribution in [1.82, 2.24) is 15.0 Å². The Labute approximate surface area is 277 Å². The van der Waals surface area contributed by atoms with Crippen LogP contribution >= 0.6 is 0 Å². The summed E-state index contributed by atoms with van der Waals surface area (Å²) >= 11 is 0. The van der Waals surface area contributed by atoms with Gasteiger partial charge in [0.05, 0.1) is 11.6 Å². The van der Waals surface area contributed by atoms with Crippen LogP contribution < -0.4 is 0 Å². The molecule has 8 rings (SSSR count). The van der Waals surface area contributed by atoms with Crippen molar-refractivity contribution >= 4 is 10.8 Å². The lowest BCUT2D eigenvalue weighted by molar-refractivity contribution is 0.0780. The van der Waals surface area contributed by atoms with E-state index >= 15 is 0 Å². The van der Waals surface area contributed by atoms with Crippen LogP contribution in [0.4, 0.5) is 0 Å². The molecule has 4 nitrogen and oxygen atoms in total. The third kappa shape index (κ3) is 5.61. The average molecular weight is 611 g/mol. The molecule has 230 valence electrons. The summed E-state index contributed by atoms with van der Waals surface area (Å²) < 4.78 is 0. The van der Waals surface area contributed by atoms with Crippen LogP contribution in [-0.2, 0) is 5.41 Å². The normalized spacial score (nSPS) is 22.1. The van der Waals surface area contributed by atoms with Gasteiger partial charge in [0.2, 0.25) is 0 Å². The Hall–Kier alpha value is -5.14. The number of rotatable bonds is 5. The van der Waals surface area contributed by atoms with Crippen LogP contribution in [0.3, 0.4) is 0 Å². The SMILES string of the molecule is C[C@@H]1CC2C[C@H](C)CC(c3ccc(-c4nc(-c5ccc6ccccc6c5)nc(-c5ccccc5-c5ccc(C#N)cc5)n4)cc3)(C2)C1. The van der Waals surface area contributed by atoms with E-state index in [1.54, 1.807) is 0 Å². The monoisotopic (exact) mass is 610 g/mol. The van der Waals surface area contributed by atoms with Crippen molar-refractivity contribution in [3.05, 3.63) is 126 Å². The van der Waals surface area contributed by atoms with Gasteiger partial charge in [-0.15, -0.1) is 0 Å². The Kier molecular flexibility index (Phi) is 7.41. The molecule has 4 heteroatoms. The van der Waals surface area contributed by atoms with Gasteiger partial charge < -0.3 is 0 Å². The molecule has 1 aromatic heterocycles. The van der Waals surface area contributed by atoms with E-state index in [9.17, 15) is 5.26 Å². The van der Waals surface area contributed by atoms with Gasteiger partial charge in [-0.05, 0) is 101 Å². The highest BCUT2D eigenvalue weighted by Gasteiger charge is 2.45. The van der Waals surface area contributed by atoms with E-state index in [1.165, 1.54) is 43.1 Å². The number of hydrogen-bond acceptors (Lipinski definition) is 4. The molecule has 2 aliphatic rings. The van der Waals surface area contributed by atoms with Crippen LogP contribution in [-0.4, -0.2) is 15.0 Å². The minimum absolute atomic E-state index is 0.277. The Morgan fingerprint density at radius 2 is 1.15 bits per heavy atom. The molecule has 47 heavy (non-hydrogen) atoms. The minimum atomic E-state index is 0.277. The molecule has 0 radical (unpaired) electrons. The molecule has 0 N–H and O–H groups in total. The second-order valence-electron chi connectivity index (χ2n) is 14.1. The molecule has 2 bridgehead atoms. The predicted octanol–water partition coefficient (Wildman–Crippen LogP) is 10.7. The van der Waals surface area contributed by atoms with Crippen molar-refractivity contribution in [2.24, 2.45) is 17.8 Å². The van der Waals surface area contributed by atoms with Gasteiger partial charge in [-0.1, -0.05) is 111 Å². The molecular weight excluding hydrogens is 573 g/mol. The molecule has 5 aromatic carbocycles. The van der Waals surface area contributed by atoms with Crippen molar-refractivity contribution < 1.29 is 0 Å². The van der Waals surface area contributed by atoms with E-state index in [4.69, 9.17) is 15.0 Å². The molecule has 1 heterocycles. The summed E-state index contributed by atoms with van der Waals surface area (Å²) in [4.78, 5) is 15.3. The smallest absolute Gasteiger partial charge is 0.164 e. The minimum Gasteiger partial charge on any atom is -0.208 e. The van der Waals surface area contributed by atoms with Crippen LogP contribution in [0.15, 0.2) is 115 Å². The van der Waals surface area contributed by atoms with Gasteiger partial charge in [-0.3, -0.25) is 0 Å². The molecule has 6 aromatic rings. The summed E-state index contributed by atoms with van der Waals surface area (Å²) in [6.07, 6.45) is 6.62. The van der Waals surface area contributed by atoms with Crippen molar-refractivity contribution in [2.75, 3.05) is 0 Å². The van der Waals surface area contributed by atoms with Crippen LogP contribution in [0.25, 0.3) is 56.1 Å². The second kappa shape index (κ2) is 11.9. The molecule has 2 saturated carbocycles. The summed E-state index contributed by atoms with van der Waals surface area (Å²) in [5, 5.41) is 11.7. The summed E-state index contributed by atoms with van der Waals surface area (Å²) in [5.74, 6) is 4.34. The Morgan fingerprint density at radius 3 is 1.85 bits per heavy atom. The third-order valence-electron chi connectivity index (χ3n) is 10.5. The first-order chi connectivity index (χ1) is 23.0. The maximum atomic E-state index is 9.36. The molecule has 4 atom stereocenters. The lowest BCUT2D eigenvalue weighted by Crippen LogP contribution is -2.42. The zero-order valence-corrected chi connectivity index (χ0v) is 27.0. The molecule has 0 spiro atoms. The van der Waals surface area contributed by atoms with Crippen molar-refractivity contribution in [3.63, 3.8) is 0 Å². The fourth-order valence-corrected chi connectivity index (χ4v) is 8.77. The lowest BCUT2D eigenvalue weighted by Gasteiger charge is -2.50. The standard InChI is InChI=1S/C43H38N4/c1-28-21-31-22-29(2)25-43(24-28,26-31)37-19-17-34(18-20-37)40-45-41(36-16-15-32-7-3-4-8-35(32)23-36)47-42(46-40)39-10-6-5-9-38(39)33-13-11-30(27-44)12-14-33/h3-20,23,28-29,31H,21-22,24-26H2,1-2H3/t28-,29+,31?,43?. The zero-order chi connectivity index (χ0) is 32.0. The first-order valence-corrected chi connectivity index (χ1v) is 16.9. The zero-order valence-electron chi connectivity index (χ0n) is 27.0. The molecule has 0 saturated heterocycles. The predicted molar refractivity (Wildman–Crippen MR) is 190 cm³/mol. The summed E-state index contributed by atoms with van der Waals surface area (Å²) in [5.41, 5.74) is 7.29. The molecule has 2 aliphatic carbocycles. The first kappa shape index (κ1) is 29.3. The van der Waals surface area contributed by atoms with Gasteiger partial charge in [0.1, 0.15) is 0 Å². The van der Waals surface area contributed by atoms with Gasteiger partial charge >= 0.3 is 0 Å². The van der Waals surface area contributed by atoms with E-state index in [0.29, 0.717) is 23.0 Å². The van der Waals surface area contributed by atoms with Crippen molar-refractivity contribution in [3.8, 4) is 51.4 Å². The van der Waals surface area contributed by atoms with Crippen LogP contribution in [0.2, 0.25) is 0 Å². The highest BCUT2D eigenvalue weighted by molar-refractivity contribution is 5.87. The number of fused-ring (bicyclic) bond motifs is 3. The van der Waals surface area contributed by atoms with Gasteiger partial charge in [0.25, 0.3) is 0 Å². The Balaban J connectivity index is 1.25. The lowest BCUT2D eigenvalue weighted by atomic mass is 9.54. The highest BCUT2D eigenvalue weighted by Crippen LogP contribution is 2.54. The van der Waals surface area contributed by atoms with Gasteiger partial charge in [0.15, 0.2) is 17.5 Å².